The largest absolute Gasteiger partial charge is 0.355 e. The van der Waals surface area contributed by atoms with Crippen molar-refractivity contribution in [2.45, 2.75) is 26.6 Å². The predicted octanol–water partition coefficient (Wildman–Crippen LogP) is 7.14. The van der Waals surface area contributed by atoms with Gasteiger partial charge in [-0.1, -0.05) is 78.3 Å². The molecule has 1 aliphatic rings. The minimum Gasteiger partial charge on any atom is -0.355 e. The van der Waals surface area contributed by atoms with Crippen LogP contribution in [0.4, 0.5) is 11.4 Å². The topological polar surface area (TPSA) is 32.3 Å². The molecule has 0 saturated heterocycles. The van der Waals surface area contributed by atoms with Gasteiger partial charge in [0.05, 0.1) is 5.02 Å². The normalized spacial score (nSPS) is 13.0. The number of hydrogen-bond donors (Lipinski definition) is 1. The molecular formula is C29H25ClN2O. The molecule has 1 aliphatic heterocycles. The zero-order valence-electron chi connectivity index (χ0n) is 18.5. The lowest BCUT2D eigenvalue weighted by molar-refractivity contribution is 0.103. The molecule has 4 aromatic rings. The van der Waals surface area contributed by atoms with Crippen LogP contribution in [0.25, 0.3) is 0 Å². The lowest BCUT2D eigenvalue weighted by atomic mass is 9.99. The molecule has 0 amide bonds. The smallest absolute Gasteiger partial charge is 0.194 e. The molecule has 1 heterocycles. The minimum atomic E-state index is -0.0568. The van der Waals surface area contributed by atoms with E-state index < -0.39 is 0 Å². The monoisotopic (exact) mass is 452 g/mol. The Morgan fingerprint density at radius 2 is 1.52 bits per heavy atom. The van der Waals surface area contributed by atoms with Gasteiger partial charge in [-0.25, -0.2) is 0 Å². The summed E-state index contributed by atoms with van der Waals surface area (Å²) in [5.41, 5.74) is 8.07. The zero-order chi connectivity index (χ0) is 22.8. The number of fused-ring (bicyclic) bond motifs is 1. The van der Waals surface area contributed by atoms with Crippen LogP contribution in [0, 0.1) is 6.92 Å². The van der Waals surface area contributed by atoms with Crippen molar-refractivity contribution in [3.63, 3.8) is 0 Å². The van der Waals surface area contributed by atoms with E-state index >= 15 is 0 Å². The summed E-state index contributed by atoms with van der Waals surface area (Å²) in [7, 11) is 0. The van der Waals surface area contributed by atoms with Gasteiger partial charge in [0.2, 0.25) is 0 Å². The number of halogens is 1. The van der Waals surface area contributed by atoms with Crippen LogP contribution < -0.4 is 5.32 Å². The highest BCUT2D eigenvalue weighted by Gasteiger charge is 2.19. The number of carbonyl (C=O) groups excluding carboxylic acids is 1. The molecule has 0 radical (unpaired) electrons. The first-order valence-corrected chi connectivity index (χ1v) is 11.5. The number of ketones is 1. The summed E-state index contributed by atoms with van der Waals surface area (Å²) in [4.78, 5) is 15.4. The van der Waals surface area contributed by atoms with Crippen molar-refractivity contribution in [2.75, 3.05) is 5.32 Å². The molecule has 4 heteroatoms. The molecule has 0 bridgehead atoms. The van der Waals surface area contributed by atoms with E-state index in [0.717, 1.165) is 36.6 Å². The van der Waals surface area contributed by atoms with Crippen molar-refractivity contribution in [3.05, 3.63) is 129 Å². The first-order valence-electron chi connectivity index (χ1n) is 11.1. The van der Waals surface area contributed by atoms with Gasteiger partial charge < -0.3 is 5.32 Å². The van der Waals surface area contributed by atoms with Crippen molar-refractivity contribution in [3.8, 4) is 0 Å². The van der Waals surface area contributed by atoms with Gasteiger partial charge >= 0.3 is 0 Å². The molecule has 164 valence electrons. The third kappa shape index (κ3) is 4.56. The summed E-state index contributed by atoms with van der Waals surface area (Å²) in [6.07, 6.45) is 0. The van der Waals surface area contributed by atoms with Gasteiger partial charge in [-0.15, -0.1) is 0 Å². The summed E-state index contributed by atoms with van der Waals surface area (Å²) in [5, 5.41) is 3.95. The highest BCUT2D eigenvalue weighted by Crippen LogP contribution is 2.30. The van der Waals surface area contributed by atoms with Crippen molar-refractivity contribution < 1.29 is 4.79 Å². The van der Waals surface area contributed by atoms with E-state index in [0.29, 0.717) is 16.1 Å². The molecule has 3 nitrogen and oxygen atoms in total. The number of anilines is 2. The number of carbonyl (C=O) groups is 1. The molecule has 0 atom stereocenters. The summed E-state index contributed by atoms with van der Waals surface area (Å²) < 4.78 is 0. The first-order chi connectivity index (χ1) is 16.1. The Morgan fingerprint density at radius 1 is 0.848 bits per heavy atom. The van der Waals surface area contributed by atoms with Gasteiger partial charge in [0.1, 0.15) is 0 Å². The molecule has 0 aromatic heterocycles. The van der Waals surface area contributed by atoms with Crippen molar-refractivity contribution in [2.24, 2.45) is 0 Å². The third-order valence-electron chi connectivity index (χ3n) is 6.20. The fraction of sp³-hybridized carbons (Fsp3) is 0.138. The molecule has 33 heavy (non-hydrogen) atoms. The van der Waals surface area contributed by atoms with Crippen LogP contribution in [0.5, 0.6) is 0 Å². The van der Waals surface area contributed by atoms with E-state index in [9.17, 15) is 4.79 Å². The van der Waals surface area contributed by atoms with Gasteiger partial charge in [0.25, 0.3) is 0 Å². The summed E-state index contributed by atoms with van der Waals surface area (Å²) >= 11 is 6.55. The fourth-order valence-electron chi connectivity index (χ4n) is 4.44. The van der Waals surface area contributed by atoms with E-state index in [1.165, 1.54) is 16.7 Å². The lowest BCUT2D eigenvalue weighted by Gasteiger charge is -2.19. The Bertz CT molecular complexity index is 1310. The number of benzene rings is 4. The molecule has 0 spiro atoms. The van der Waals surface area contributed by atoms with Crippen LogP contribution in [0.2, 0.25) is 5.02 Å². The molecule has 4 aromatic carbocycles. The van der Waals surface area contributed by atoms with E-state index in [1.807, 2.05) is 49.4 Å². The maximum Gasteiger partial charge on any atom is 0.194 e. The van der Waals surface area contributed by atoms with Crippen LogP contribution >= 0.6 is 11.6 Å². The number of para-hydroxylation sites is 1. The lowest BCUT2D eigenvalue weighted by Crippen LogP contribution is -2.16. The number of aryl methyl sites for hydroxylation is 1. The Balaban J connectivity index is 1.34. The van der Waals surface area contributed by atoms with Gasteiger partial charge in [0, 0.05) is 42.1 Å². The summed E-state index contributed by atoms with van der Waals surface area (Å²) in [6, 6.07) is 30.1. The second-order valence-corrected chi connectivity index (χ2v) is 8.94. The average molecular weight is 453 g/mol. The van der Waals surface area contributed by atoms with Crippen molar-refractivity contribution >= 4 is 28.8 Å². The predicted molar refractivity (Wildman–Crippen MR) is 135 cm³/mol. The minimum absolute atomic E-state index is 0.0568. The third-order valence-corrected chi connectivity index (χ3v) is 6.51. The number of hydrogen-bond acceptors (Lipinski definition) is 3. The molecule has 0 unspecified atom stereocenters. The summed E-state index contributed by atoms with van der Waals surface area (Å²) in [5.74, 6) is -0.0568. The number of rotatable bonds is 6. The number of nitrogens with zero attached hydrogens (tertiary/aromatic N) is 1. The Labute approximate surface area is 199 Å². The average Bonchev–Trinajstić information content (AvgIpc) is 3.23. The molecule has 1 N–H and O–H groups in total. The van der Waals surface area contributed by atoms with Gasteiger partial charge in [-0.3, -0.25) is 9.69 Å². The van der Waals surface area contributed by atoms with E-state index in [-0.39, 0.29) is 5.78 Å². The van der Waals surface area contributed by atoms with Crippen LogP contribution in [0.3, 0.4) is 0 Å². The second kappa shape index (κ2) is 9.22. The SMILES string of the molecule is Cc1ccccc1C(=O)c1ccc(Nc2ccccc2CN2Cc3ccccc3C2)cc1Cl. The van der Waals surface area contributed by atoms with Crippen molar-refractivity contribution in [1.29, 1.82) is 0 Å². The van der Waals surface area contributed by atoms with E-state index in [1.54, 1.807) is 6.07 Å². The fourth-order valence-corrected chi connectivity index (χ4v) is 4.71. The van der Waals surface area contributed by atoms with E-state index in [4.69, 9.17) is 11.6 Å². The van der Waals surface area contributed by atoms with Crippen molar-refractivity contribution in [1.82, 2.24) is 4.90 Å². The second-order valence-electron chi connectivity index (χ2n) is 8.53. The van der Waals surface area contributed by atoms with Crippen LogP contribution in [-0.4, -0.2) is 10.7 Å². The van der Waals surface area contributed by atoms with Gasteiger partial charge in [-0.2, -0.15) is 0 Å². The van der Waals surface area contributed by atoms with Crippen LogP contribution in [0.1, 0.15) is 38.2 Å². The highest BCUT2D eigenvalue weighted by atomic mass is 35.5. The van der Waals surface area contributed by atoms with Crippen LogP contribution in [-0.2, 0) is 19.6 Å². The number of nitrogens with one attached hydrogen (secondary N) is 1. The van der Waals surface area contributed by atoms with E-state index in [2.05, 4.69) is 52.7 Å². The van der Waals surface area contributed by atoms with Gasteiger partial charge in [0.15, 0.2) is 5.78 Å². The Morgan fingerprint density at radius 3 is 2.24 bits per heavy atom. The Kier molecular flexibility index (Phi) is 5.99. The molecular weight excluding hydrogens is 428 g/mol. The molecule has 5 rings (SSSR count). The zero-order valence-corrected chi connectivity index (χ0v) is 19.3. The maximum absolute atomic E-state index is 13.0. The summed E-state index contributed by atoms with van der Waals surface area (Å²) in [6.45, 7) is 4.72. The van der Waals surface area contributed by atoms with Crippen LogP contribution in [0.15, 0.2) is 91.0 Å². The quantitative estimate of drug-likeness (QED) is 0.315. The molecule has 0 fully saturated rings. The van der Waals surface area contributed by atoms with Gasteiger partial charge in [-0.05, 0) is 53.4 Å². The maximum atomic E-state index is 13.0. The standard InChI is InChI=1S/C29H25ClN2O/c1-20-8-2-6-12-25(20)29(33)26-15-14-24(16-27(26)30)31-28-13-7-5-11-23(28)19-32-17-21-9-3-4-10-22(21)18-32/h2-16,31H,17-19H2,1H3. The highest BCUT2D eigenvalue weighted by molar-refractivity contribution is 6.35. The Hall–Kier alpha value is -3.40. The molecule has 0 saturated carbocycles. The molecule has 0 aliphatic carbocycles. The first kappa shape index (κ1) is 21.4.